The number of pyridine rings is 2. The number of rotatable bonds is 1. The Hall–Kier alpha value is -4.96. The van der Waals surface area contributed by atoms with Crippen molar-refractivity contribution >= 4 is 59.9 Å². The van der Waals surface area contributed by atoms with E-state index in [1.54, 1.807) is 6.07 Å². The second-order valence-electron chi connectivity index (χ2n) is 9.28. The fourth-order valence-electron chi connectivity index (χ4n) is 5.91. The second kappa shape index (κ2) is 6.80. The first-order valence-electron chi connectivity index (χ1n) is 12.0. The van der Waals surface area contributed by atoms with Crippen LogP contribution in [0.3, 0.4) is 0 Å². The van der Waals surface area contributed by atoms with E-state index in [-0.39, 0.29) is 10.9 Å². The number of fused-ring (bicyclic) bond motifs is 7. The highest BCUT2D eigenvalue weighted by molar-refractivity contribution is 6.10. The molecule has 3 heterocycles. The molecule has 36 heavy (non-hydrogen) atoms. The molecule has 4 nitrogen and oxygen atoms in total. The van der Waals surface area contributed by atoms with Crippen molar-refractivity contribution in [3.63, 3.8) is 0 Å². The van der Waals surface area contributed by atoms with Gasteiger partial charge in [0.25, 0.3) is 0 Å². The van der Waals surface area contributed by atoms with Gasteiger partial charge in [-0.25, -0.2) is 0 Å². The van der Waals surface area contributed by atoms with Crippen LogP contribution in [-0.2, 0) is 0 Å². The Morgan fingerprint density at radius 3 is 1.58 bits per heavy atom. The Morgan fingerprint density at radius 2 is 0.917 bits per heavy atom. The molecular formula is C32H18N2O2. The van der Waals surface area contributed by atoms with Crippen LogP contribution in [0.15, 0.2) is 119 Å². The van der Waals surface area contributed by atoms with Gasteiger partial charge in [-0.15, -0.1) is 0 Å². The maximum atomic E-state index is 13.9. The van der Waals surface area contributed by atoms with Gasteiger partial charge in [0, 0.05) is 38.0 Å². The minimum Gasteiger partial charge on any atom is -0.309 e. The zero-order valence-electron chi connectivity index (χ0n) is 19.1. The fraction of sp³-hybridized carbons (Fsp3) is 0. The lowest BCUT2D eigenvalue weighted by atomic mass is 10.0. The van der Waals surface area contributed by atoms with Gasteiger partial charge >= 0.3 is 0 Å². The van der Waals surface area contributed by atoms with Gasteiger partial charge in [-0.2, -0.15) is 0 Å². The van der Waals surface area contributed by atoms with Crippen molar-refractivity contribution in [2.75, 3.05) is 0 Å². The molecule has 0 spiro atoms. The predicted molar refractivity (Wildman–Crippen MR) is 148 cm³/mol. The van der Waals surface area contributed by atoms with Crippen molar-refractivity contribution in [2.24, 2.45) is 0 Å². The molecular weight excluding hydrogens is 444 g/mol. The molecule has 0 saturated heterocycles. The summed E-state index contributed by atoms with van der Waals surface area (Å²) in [5.74, 6) is 0. The van der Waals surface area contributed by atoms with E-state index in [1.807, 2.05) is 60.7 Å². The summed E-state index contributed by atoms with van der Waals surface area (Å²) in [6.45, 7) is 0. The smallest absolute Gasteiger partial charge is 0.197 e. The Kier molecular flexibility index (Phi) is 3.66. The largest absolute Gasteiger partial charge is 0.309 e. The topological polar surface area (TPSA) is 43.5 Å². The van der Waals surface area contributed by atoms with Crippen molar-refractivity contribution in [1.29, 1.82) is 0 Å². The second-order valence-corrected chi connectivity index (χ2v) is 9.28. The number of benzene rings is 5. The highest BCUT2D eigenvalue weighted by Gasteiger charge is 2.18. The standard InChI is InChI=1S/C32H18N2O2/c35-31-22-10-3-6-15-28(22)34-29-17-16-19(18-25(29)32(36)24-12-7-11-23(31)30(24)34)33-26-13-4-1-8-20(26)21-9-2-5-14-27(21)33/h1-18H. The number of hydrogen-bond donors (Lipinski definition) is 0. The van der Waals surface area contributed by atoms with Crippen molar-refractivity contribution in [2.45, 2.75) is 0 Å². The molecule has 0 fully saturated rings. The average molecular weight is 463 g/mol. The zero-order chi connectivity index (χ0) is 24.0. The Morgan fingerprint density at radius 1 is 0.417 bits per heavy atom. The van der Waals surface area contributed by atoms with E-state index in [2.05, 4.69) is 51.4 Å². The molecule has 0 N–H and O–H groups in total. The van der Waals surface area contributed by atoms with Crippen LogP contribution >= 0.6 is 0 Å². The molecule has 0 amide bonds. The highest BCUT2D eigenvalue weighted by Crippen LogP contribution is 2.33. The summed E-state index contributed by atoms with van der Waals surface area (Å²) in [4.78, 5) is 27.1. The third kappa shape index (κ3) is 2.33. The maximum Gasteiger partial charge on any atom is 0.197 e. The highest BCUT2D eigenvalue weighted by atomic mass is 16.1. The molecule has 8 aromatic rings. The summed E-state index contributed by atoms with van der Waals surface area (Å²) in [5.41, 5.74) is 5.30. The van der Waals surface area contributed by atoms with E-state index in [9.17, 15) is 9.59 Å². The first-order chi connectivity index (χ1) is 17.7. The van der Waals surface area contributed by atoms with Crippen LogP contribution in [0.25, 0.3) is 65.6 Å². The van der Waals surface area contributed by atoms with E-state index in [1.165, 1.54) is 10.8 Å². The number of aromatic nitrogens is 2. The molecule has 3 aromatic heterocycles. The first-order valence-corrected chi connectivity index (χ1v) is 12.0. The molecule has 0 aliphatic heterocycles. The van der Waals surface area contributed by atoms with Crippen LogP contribution in [-0.4, -0.2) is 8.97 Å². The summed E-state index contributed by atoms with van der Waals surface area (Å²) in [6, 6.07) is 35.8. The average Bonchev–Trinajstić information content (AvgIpc) is 3.27. The van der Waals surface area contributed by atoms with E-state index in [0.29, 0.717) is 27.1 Å². The molecule has 0 atom stereocenters. The third-order valence-electron chi connectivity index (χ3n) is 7.44. The SMILES string of the molecule is O=c1c2ccccc2n2c3ccc(-n4c5ccccc5c5ccccc54)cc3c(=O)c3cccc1c32. The van der Waals surface area contributed by atoms with E-state index in [4.69, 9.17) is 0 Å². The molecule has 0 aliphatic rings. The Labute approximate surface area is 204 Å². The van der Waals surface area contributed by atoms with Gasteiger partial charge in [0.15, 0.2) is 10.9 Å². The molecule has 5 aromatic carbocycles. The van der Waals surface area contributed by atoms with Crippen molar-refractivity contribution in [3.05, 3.63) is 130 Å². The molecule has 8 rings (SSSR count). The van der Waals surface area contributed by atoms with Gasteiger partial charge < -0.3 is 8.97 Å². The van der Waals surface area contributed by atoms with E-state index < -0.39 is 0 Å². The summed E-state index contributed by atoms with van der Waals surface area (Å²) >= 11 is 0. The monoisotopic (exact) mass is 462 g/mol. The lowest BCUT2D eigenvalue weighted by Crippen LogP contribution is -2.14. The Bertz CT molecular complexity index is 2250. The van der Waals surface area contributed by atoms with Gasteiger partial charge in [0.2, 0.25) is 0 Å². The molecule has 0 radical (unpaired) electrons. The molecule has 0 aliphatic carbocycles. The van der Waals surface area contributed by atoms with Crippen LogP contribution in [0, 0.1) is 0 Å². The van der Waals surface area contributed by atoms with Crippen LogP contribution < -0.4 is 10.9 Å². The lowest BCUT2D eigenvalue weighted by molar-refractivity contribution is 1.18. The van der Waals surface area contributed by atoms with Crippen molar-refractivity contribution in [3.8, 4) is 5.69 Å². The summed E-state index contributed by atoms with van der Waals surface area (Å²) in [6.07, 6.45) is 0. The van der Waals surface area contributed by atoms with Crippen molar-refractivity contribution in [1.82, 2.24) is 8.97 Å². The van der Waals surface area contributed by atoms with Crippen LogP contribution in [0.4, 0.5) is 0 Å². The molecule has 0 bridgehead atoms. The first kappa shape index (κ1) is 19.4. The summed E-state index contributed by atoms with van der Waals surface area (Å²) in [5, 5.41) is 4.75. The Balaban J connectivity index is 1.59. The molecule has 0 unspecified atom stereocenters. The summed E-state index contributed by atoms with van der Waals surface area (Å²) in [7, 11) is 0. The molecule has 4 heteroatoms. The fourth-order valence-corrected chi connectivity index (χ4v) is 5.91. The normalized spacial score (nSPS) is 12.1. The number of hydrogen-bond acceptors (Lipinski definition) is 2. The van der Waals surface area contributed by atoms with Crippen LogP contribution in [0.5, 0.6) is 0 Å². The number of para-hydroxylation sites is 4. The minimum atomic E-state index is -0.0621. The lowest BCUT2D eigenvalue weighted by Gasteiger charge is -2.15. The molecule has 168 valence electrons. The van der Waals surface area contributed by atoms with Gasteiger partial charge in [-0.1, -0.05) is 54.6 Å². The summed E-state index contributed by atoms with van der Waals surface area (Å²) < 4.78 is 4.30. The van der Waals surface area contributed by atoms with Crippen LogP contribution in [0.2, 0.25) is 0 Å². The molecule has 0 saturated carbocycles. The van der Waals surface area contributed by atoms with Crippen molar-refractivity contribution < 1.29 is 0 Å². The minimum absolute atomic E-state index is 0.0446. The van der Waals surface area contributed by atoms with E-state index in [0.717, 1.165) is 27.8 Å². The predicted octanol–water partition coefficient (Wildman–Crippen LogP) is 6.65. The van der Waals surface area contributed by atoms with Gasteiger partial charge in [0.1, 0.15) is 0 Å². The third-order valence-corrected chi connectivity index (χ3v) is 7.44. The zero-order valence-corrected chi connectivity index (χ0v) is 19.1. The maximum absolute atomic E-state index is 13.9. The van der Waals surface area contributed by atoms with E-state index >= 15 is 0 Å². The number of nitrogens with zero attached hydrogens (tertiary/aromatic N) is 2. The van der Waals surface area contributed by atoms with Gasteiger partial charge in [-0.05, 0) is 54.6 Å². The van der Waals surface area contributed by atoms with Gasteiger partial charge in [0.05, 0.1) is 27.6 Å². The quantitative estimate of drug-likeness (QED) is 0.202. The van der Waals surface area contributed by atoms with Crippen LogP contribution in [0.1, 0.15) is 0 Å². The van der Waals surface area contributed by atoms with Gasteiger partial charge in [-0.3, -0.25) is 9.59 Å².